The number of aryl methyl sites for hydroxylation is 1. The first-order valence-corrected chi connectivity index (χ1v) is 11.1. The van der Waals surface area contributed by atoms with Gasteiger partial charge in [-0.05, 0) is 73.0 Å². The van der Waals surface area contributed by atoms with Crippen molar-refractivity contribution in [3.8, 4) is 11.3 Å². The maximum atomic E-state index is 12.4. The van der Waals surface area contributed by atoms with E-state index in [2.05, 4.69) is 26.3 Å². The lowest BCUT2D eigenvalue weighted by Crippen LogP contribution is -2.25. The van der Waals surface area contributed by atoms with Gasteiger partial charge in [-0.3, -0.25) is 9.89 Å². The maximum Gasteiger partial charge on any atom is 0.251 e. The van der Waals surface area contributed by atoms with E-state index >= 15 is 0 Å². The number of rotatable bonds is 6. The highest BCUT2D eigenvalue weighted by molar-refractivity contribution is 8.02. The van der Waals surface area contributed by atoms with Crippen molar-refractivity contribution in [3.63, 3.8) is 0 Å². The van der Waals surface area contributed by atoms with Gasteiger partial charge in [0.15, 0.2) is 5.65 Å². The molecule has 6 nitrogen and oxygen atoms in total. The zero-order valence-electron chi connectivity index (χ0n) is 15.7. The van der Waals surface area contributed by atoms with Gasteiger partial charge in [-0.1, -0.05) is 12.1 Å². The van der Waals surface area contributed by atoms with Crippen molar-refractivity contribution in [2.24, 2.45) is 0 Å². The van der Waals surface area contributed by atoms with Crippen molar-refractivity contribution in [1.29, 1.82) is 0 Å². The second-order valence-corrected chi connectivity index (χ2v) is 9.13. The Morgan fingerprint density at radius 3 is 2.93 bits per heavy atom. The molecule has 0 radical (unpaired) electrons. The first-order valence-electron chi connectivity index (χ1n) is 9.41. The molecule has 0 unspecified atom stereocenters. The van der Waals surface area contributed by atoms with E-state index in [0.717, 1.165) is 40.9 Å². The molecule has 3 aromatic heterocycles. The molecule has 0 atom stereocenters. The van der Waals surface area contributed by atoms with Gasteiger partial charge >= 0.3 is 0 Å². The third-order valence-electron chi connectivity index (χ3n) is 4.86. The maximum absolute atomic E-state index is 12.4. The predicted octanol–water partition coefficient (Wildman–Crippen LogP) is 5.01. The van der Waals surface area contributed by atoms with E-state index in [1.54, 1.807) is 23.3 Å². The summed E-state index contributed by atoms with van der Waals surface area (Å²) < 4.78 is 4.48. The summed E-state index contributed by atoms with van der Waals surface area (Å²) in [5.74, 6) is 0.804. The molecule has 1 fully saturated rings. The number of carbonyl (C=O) groups is 1. The molecule has 8 heteroatoms. The Morgan fingerprint density at radius 2 is 2.14 bits per heavy atom. The van der Waals surface area contributed by atoms with Crippen molar-refractivity contribution < 1.29 is 4.79 Å². The molecule has 3 heterocycles. The standard InChI is InChI=1S/C21H19N5OS2/c1-12-4-5-13(21(27)22-14-6-7-14)11-16(12)17-9-8-15-19(23-17)24-25-20(15)26-29-18-3-2-10-28-18/h2-5,8-11,14H,6-7H2,1H3,(H,22,27)(H2,23,24,25,26). The van der Waals surface area contributed by atoms with Crippen molar-refractivity contribution in [2.75, 3.05) is 4.72 Å². The highest BCUT2D eigenvalue weighted by Gasteiger charge is 2.24. The van der Waals surface area contributed by atoms with Crippen LogP contribution in [0.3, 0.4) is 0 Å². The van der Waals surface area contributed by atoms with E-state index < -0.39 is 0 Å². The number of aromatic amines is 1. The van der Waals surface area contributed by atoms with Gasteiger partial charge in [0.1, 0.15) is 5.82 Å². The summed E-state index contributed by atoms with van der Waals surface area (Å²) in [6.07, 6.45) is 2.14. The van der Waals surface area contributed by atoms with Crippen LogP contribution in [0.5, 0.6) is 0 Å². The molecule has 3 N–H and O–H groups in total. The predicted molar refractivity (Wildman–Crippen MR) is 118 cm³/mol. The van der Waals surface area contributed by atoms with E-state index in [9.17, 15) is 4.79 Å². The molecule has 0 aliphatic heterocycles. The molecule has 146 valence electrons. The molecule has 0 saturated heterocycles. The zero-order chi connectivity index (χ0) is 19.8. The van der Waals surface area contributed by atoms with Crippen LogP contribution < -0.4 is 10.0 Å². The number of benzene rings is 1. The molecule has 1 amide bonds. The summed E-state index contributed by atoms with van der Waals surface area (Å²) >= 11 is 3.22. The van der Waals surface area contributed by atoms with Crippen LogP contribution in [-0.2, 0) is 0 Å². The number of carbonyl (C=O) groups excluding carboxylic acids is 1. The average Bonchev–Trinajstić information content (AvgIpc) is 3.23. The van der Waals surface area contributed by atoms with E-state index in [1.807, 2.05) is 48.7 Å². The molecular formula is C21H19N5OS2. The van der Waals surface area contributed by atoms with Crippen LogP contribution in [-0.4, -0.2) is 27.1 Å². The van der Waals surface area contributed by atoms with Gasteiger partial charge in [-0.15, -0.1) is 11.3 Å². The molecule has 4 aromatic rings. The van der Waals surface area contributed by atoms with Gasteiger partial charge in [0, 0.05) is 17.2 Å². The van der Waals surface area contributed by atoms with Crippen LogP contribution in [0.15, 0.2) is 52.1 Å². The fraction of sp³-hybridized carbons (Fsp3) is 0.190. The van der Waals surface area contributed by atoms with Crippen LogP contribution in [0.25, 0.3) is 22.3 Å². The number of pyridine rings is 1. The van der Waals surface area contributed by atoms with Gasteiger partial charge in [-0.25, -0.2) is 4.98 Å². The summed E-state index contributed by atoms with van der Waals surface area (Å²) in [4.78, 5) is 17.1. The fourth-order valence-corrected chi connectivity index (χ4v) is 4.52. The van der Waals surface area contributed by atoms with Crippen LogP contribution in [0.1, 0.15) is 28.8 Å². The second kappa shape index (κ2) is 7.53. The van der Waals surface area contributed by atoms with Gasteiger partial charge in [0.05, 0.1) is 15.3 Å². The van der Waals surface area contributed by atoms with Crippen LogP contribution in [0.4, 0.5) is 5.82 Å². The van der Waals surface area contributed by atoms with Crippen molar-refractivity contribution in [2.45, 2.75) is 30.0 Å². The van der Waals surface area contributed by atoms with E-state index in [1.165, 1.54) is 4.21 Å². The number of amides is 1. The van der Waals surface area contributed by atoms with Crippen LogP contribution >= 0.6 is 23.3 Å². The number of fused-ring (bicyclic) bond motifs is 1. The topological polar surface area (TPSA) is 82.7 Å². The normalized spacial score (nSPS) is 13.6. The lowest BCUT2D eigenvalue weighted by Gasteiger charge is -2.09. The first kappa shape index (κ1) is 18.2. The third-order valence-corrected chi connectivity index (χ3v) is 6.70. The average molecular weight is 422 g/mol. The lowest BCUT2D eigenvalue weighted by molar-refractivity contribution is 0.0951. The second-order valence-electron chi connectivity index (χ2n) is 7.08. The van der Waals surface area contributed by atoms with Gasteiger partial charge in [0.2, 0.25) is 0 Å². The first-order chi connectivity index (χ1) is 14.2. The number of aromatic nitrogens is 3. The molecule has 5 rings (SSSR count). The molecule has 0 spiro atoms. The minimum Gasteiger partial charge on any atom is -0.349 e. The number of H-pyrrole nitrogens is 1. The van der Waals surface area contributed by atoms with E-state index in [0.29, 0.717) is 17.3 Å². The zero-order valence-corrected chi connectivity index (χ0v) is 17.4. The summed E-state index contributed by atoms with van der Waals surface area (Å²) in [6.45, 7) is 2.03. The highest BCUT2D eigenvalue weighted by atomic mass is 32.2. The SMILES string of the molecule is Cc1ccc(C(=O)NC2CC2)cc1-c1ccc2c(NSc3cccs3)[nH]nc2n1. The summed E-state index contributed by atoms with van der Waals surface area (Å²) in [7, 11) is 0. The third kappa shape index (κ3) is 3.86. The molecule has 1 aliphatic rings. The molecule has 1 saturated carbocycles. The van der Waals surface area contributed by atoms with Crippen molar-refractivity contribution in [1.82, 2.24) is 20.5 Å². The molecule has 1 aromatic carbocycles. The number of hydrogen-bond acceptors (Lipinski definition) is 6. The smallest absolute Gasteiger partial charge is 0.251 e. The Labute approximate surface area is 176 Å². The summed E-state index contributed by atoms with van der Waals surface area (Å²) in [5.41, 5.74) is 4.13. The number of anilines is 1. The fourth-order valence-electron chi connectivity index (χ4n) is 3.08. The Balaban J connectivity index is 1.42. The minimum absolute atomic E-state index is 0.0216. The molecule has 29 heavy (non-hydrogen) atoms. The number of nitrogens with zero attached hydrogens (tertiary/aromatic N) is 2. The number of thiophene rings is 1. The van der Waals surface area contributed by atoms with Crippen LogP contribution in [0.2, 0.25) is 0 Å². The van der Waals surface area contributed by atoms with Crippen molar-refractivity contribution >= 4 is 46.0 Å². The van der Waals surface area contributed by atoms with Gasteiger partial charge < -0.3 is 10.0 Å². The van der Waals surface area contributed by atoms with Crippen LogP contribution in [0, 0.1) is 6.92 Å². The Bertz CT molecular complexity index is 1180. The summed E-state index contributed by atoms with van der Waals surface area (Å²) in [6, 6.07) is 14.2. The van der Waals surface area contributed by atoms with E-state index in [4.69, 9.17) is 4.98 Å². The highest BCUT2D eigenvalue weighted by Crippen LogP contribution is 2.30. The van der Waals surface area contributed by atoms with Gasteiger partial charge in [-0.2, -0.15) is 5.10 Å². The Kier molecular flexibility index (Phi) is 4.73. The minimum atomic E-state index is -0.0216. The monoisotopic (exact) mass is 421 g/mol. The number of hydrogen-bond donors (Lipinski definition) is 3. The number of nitrogens with one attached hydrogen (secondary N) is 3. The lowest BCUT2D eigenvalue weighted by atomic mass is 10.0. The van der Waals surface area contributed by atoms with Gasteiger partial charge in [0.25, 0.3) is 5.91 Å². The van der Waals surface area contributed by atoms with E-state index in [-0.39, 0.29) is 5.91 Å². The Morgan fingerprint density at radius 1 is 1.24 bits per heavy atom. The molecule has 0 bridgehead atoms. The summed E-state index contributed by atoms with van der Waals surface area (Å²) in [5, 5.41) is 13.4. The Hall–Kier alpha value is -2.84. The molecule has 1 aliphatic carbocycles. The molecular weight excluding hydrogens is 402 g/mol. The van der Waals surface area contributed by atoms with Crippen molar-refractivity contribution in [3.05, 3.63) is 59.0 Å². The largest absolute Gasteiger partial charge is 0.349 e. The quantitative estimate of drug-likeness (QED) is 0.381.